The molecule has 1 atom stereocenters. The summed E-state index contributed by atoms with van der Waals surface area (Å²) in [5.41, 5.74) is 1.67. The van der Waals surface area contributed by atoms with Gasteiger partial charge in [0.25, 0.3) is 0 Å². The van der Waals surface area contributed by atoms with E-state index in [-0.39, 0.29) is 12.0 Å². The minimum absolute atomic E-state index is 0.176. The van der Waals surface area contributed by atoms with E-state index < -0.39 is 0 Å². The van der Waals surface area contributed by atoms with Crippen LogP contribution in [0.2, 0.25) is 0 Å². The lowest BCUT2D eigenvalue weighted by molar-refractivity contribution is -0.111. The maximum atomic E-state index is 12.0. The molecule has 0 saturated carbocycles. The van der Waals surface area contributed by atoms with Gasteiger partial charge in [-0.05, 0) is 68.3 Å². The Hall–Kier alpha value is -2.75. The molecule has 4 heteroatoms. The maximum Gasteiger partial charge on any atom is 0.248 e. The van der Waals surface area contributed by atoms with Crippen LogP contribution in [0.5, 0.6) is 11.5 Å². The molecule has 25 heavy (non-hydrogen) atoms. The van der Waals surface area contributed by atoms with Gasteiger partial charge in [-0.25, -0.2) is 0 Å². The van der Waals surface area contributed by atoms with Gasteiger partial charge in [0.05, 0.1) is 12.7 Å². The molecule has 2 rings (SSSR count). The van der Waals surface area contributed by atoms with Crippen molar-refractivity contribution in [3.63, 3.8) is 0 Å². The van der Waals surface area contributed by atoms with E-state index in [1.165, 1.54) is 6.08 Å². The predicted molar refractivity (Wildman–Crippen MR) is 102 cm³/mol. The summed E-state index contributed by atoms with van der Waals surface area (Å²) >= 11 is 0. The fourth-order valence-electron chi connectivity index (χ4n) is 2.13. The highest BCUT2D eigenvalue weighted by Gasteiger charge is 2.02. The zero-order valence-corrected chi connectivity index (χ0v) is 15.0. The van der Waals surface area contributed by atoms with Gasteiger partial charge in [0, 0.05) is 11.8 Å². The second kappa shape index (κ2) is 9.52. The molecule has 0 aliphatic carbocycles. The number of benzene rings is 2. The van der Waals surface area contributed by atoms with Crippen molar-refractivity contribution in [2.75, 3.05) is 11.9 Å². The van der Waals surface area contributed by atoms with Crippen LogP contribution < -0.4 is 14.8 Å². The van der Waals surface area contributed by atoms with Gasteiger partial charge >= 0.3 is 0 Å². The maximum absolute atomic E-state index is 12.0. The van der Waals surface area contributed by atoms with E-state index in [0.29, 0.717) is 6.61 Å². The van der Waals surface area contributed by atoms with Gasteiger partial charge in [-0.15, -0.1) is 0 Å². The fourth-order valence-corrected chi connectivity index (χ4v) is 2.13. The van der Waals surface area contributed by atoms with Crippen LogP contribution in [0.3, 0.4) is 0 Å². The number of ether oxygens (including phenoxy) is 2. The van der Waals surface area contributed by atoms with E-state index >= 15 is 0 Å². The van der Waals surface area contributed by atoms with E-state index in [1.54, 1.807) is 6.08 Å². The van der Waals surface area contributed by atoms with Crippen molar-refractivity contribution < 1.29 is 14.3 Å². The molecular weight excluding hydrogens is 314 g/mol. The summed E-state index contributed by atoms with van der Waals surface area (Å²) in [6, 6.07) is 15.0. The third-order valence-electron chi connectivity index (χ3n) is 3.65. The minimum Gasteiger partial charge on any atom is -0.494 e. The van der Waals surface area contributed by atoms with E-state index in [9.17, 15) is 4.79 Å². The van der Waals surface area contributed by atoms with E-state index in [2.05, 4.69) is 12.2 Å². The SMILES string of the molecule is CCOc1ccc(/C=C/C(=O)Nc2ccc(OC(C)CC)cc2)cc1. The summed E-state index contributed by atoms with van der Waals surface area (Å²) in [4.78, 5) is 12.0. The third-order valence-corrected chi connectivity index (χ3v) is 3.65. The number of nitrogens with one attached hydrogen (secondary N) is 1. The summed E-state index contributed by atoms with van der Waals surface area (Å²) in [6.45, 7) is 6.69. The molecule has 132 valence electrons. The number of hydrogen-bond acceptors (Lipinski definition) is 3. The predicted octanol–water partition coefficient (Wildman–Crippen LogP) is 4.91. The van der Waals surface area contributed by atoms with Crippen molar-refractivity contribution in [3.05, 3.63) is 60.2 Å². The summed E-state index contributed by atoms with van der Waals surface area (Å²) in [5.74, 6) is 1.45. The highest BCUT2D eigenvalue weighted by atomic mass is 16.5. The number of carbonyl (C=O) groups excluding carboxylic acids is 1. The summed E-state index contributed by atoms with van der Waals surface area (Å²) in [6.07, 6.45) is 4.41. The zero-order valence-electron chi connectivity index (χ0n) is 15.0. The van der Waals surface area contributed by atoms with Crippen LogP contribution in [-0.4, -0.2) is 18.6 Å². The van der Waals surface area contributed by atoms with Crippen LogP contribution in [0.15, 0.2) is 54.6 Å². The van der Waals surface area contributed by atoms with Crippen molar-refractivity contribution in [1.82, 2.24) is 0 Å². The normalized spacial score (nSPS) is 12.0. The van der Waals surface area contributed by atoms with Gasteiger partial charge in [0.2, 0.25) is 5.91 Å². The second-order valence-corrected chi connectivity index (χ2v) is 5.69. The molecule has 2 aromatic carbocycles. The Morgan fingerprint density at radius 1 is 1.04 bits per heavy atom. The van der Waals surface area contributed by atoms with Crippen LogP contribution in [0.4, 0.5) is 5.69 Å². The minimum atomic E-state index is -0.176. The van der Waals surface area contributed by atoms with Crippen molar-refractivity contribution in [2.24, 2.45) is 0 Å². The van der Waals surface area contributed by atoms with E-state index in [4.69, 9.17) is 9.47 Å². The Morgan fingerprint density at radius 2 is 1.68 bits per heavy atom. The summed E-state index contributed by atoms with van der Waals surface area (Å²) in [7, 11) is 0. The Labute approximate surface area is 149 Å². The Kier molecular flexibility index (Phi) is 7.08. The van der Waals surface area contributed by atoms with Crippen molar-refractivity contribution in [3.8, 4) is 11.5 Å². The standard InChI is InChI=1S/C21H25NO3/c1-4-16(3)25-20-13-9-18(10-14-20)22-21(23)15-8-17-6-11-19(12-7-17)24-5-2/h6-16H,4-5H2,1-3H3,(H,22,23)/b15-8+. The first-order valence-corrected chi connectivity index (χ1v) is 8.59. The molecular formula is C21H25NO3. The van der Waals surface area contributed by atoms with Crippen LogP contribution in [0.25, 0.3) is 6.08 Å². The Balaban J connectivity index is 1.88. The molecule has 1 unspecified atom stereocenters. The monoisotopic (exact) mass is 339 g/mol. The zero-order chi connectivity index (χ0) is 18.1. The molecule has 0 aliphatic rings. The molecule has 1 N–H and O–H groups in total. The summed E-state index contributed by atoms with van der Waals surface area (Å²) < 4.78 is 11.1. The molecule has 0 aromatic heterocycles. The van der Waals surface area contributed by atoms with E-state index in [0.717, 1.165) is 29.2 Å². The smallest absolute Gasteiger partial charge is 0.248 e. The van der Waals surface area contributed by atoms with E-state index in [1.807, 2.05) is 62.4 Å². The molecule has 0 spiro atoms. The van der Waals surface area contributed by atoms with Gasteiger partial charge in [0.1, 0.15) is 11.5 Å². The lowest BCUT2D eigenvalue weighted by atomic mass is 10.2. The molecule has 2 aromatic rings. The van der Waals surface area contributed by atoms with Crippen molar-refractivity contribution in [1.29, 1.82) is 0 Å². The van der Waals surface area contributed by atoms with Crippen LogP contribution >= 0.6 is 0 Å². The fraction of sp³-hybridized carbons (Fsp3) is 0.286. The second-order valence-electron chi connectivity index (χ2n) is 5.69. The Morgan fingerprint density at radius 3 is 2.28 bits per heavy atom. The first-order valence-electron chi connectivity index (χ1n) is 8.59. The van der Waals surface area contributed by atoms with Crippen molar-refractivity contribution in [2.45, 2.75) is 33.3 Å². The van der Waals surface area contributed by atoms with Crippen LogP contribution in [-0.2, 0) is 4.79 Å². The molecule has 0 saturated heterocycles. The van der Waals surface area contributed by atoms with Crippen LogP contribution in [0, 0.1) is 0 Å². The molecule has 0 bridgehead atoms. The highest BCUT2D eigenvalue weighted by molar-refractivity contribution is 6.01. The first-order chi connectivity index (χ1) is 12.1. The van der Waals surface area contributed by atoms with Gasteiger partial charge in [-0.2, -0.15) is 0 Å². The first kappa shape index (κ1) is 18.6. The van der Waals surface area contributed by atoms with Crippen LogP contribution in [0.1, 0.15) is 32.8 Å². The Bertz CT molecular complexity index is 690. The quantitative estimate of drug-likeness (QED) is 0.695. The lowest BCUT2D eigenvalue weighted by Gasteiger charge is -2.12. The van der Waals surface area contributed by atoms with Gasteiger partial charge in [-0.1, -0.05) is 19.1 Å². The molecule has 1 amide bonds. The highest BCUT2D eigenvalue weighted by Crippen LogP contribution is 2.18. The topological polar surface area (TPSA) is 47.6 Å². The number of hydrogen-bond donors (Lipinski definition) is 1. The third kappa shape index (κ3) is 6.34. The molecule has 4 nitrogen and oxygen atoms in total. The molecule has 0 heterocycles. The molecule has 0 aliphatic heterocycles. The van der Waals surface area contributed by atoms with Crippen molar-refractivity contribution >= 4 is 17.7 Å². The number of rotatable bonds is 8. The average Bonchev–Trinajstić information content (AvgIpc) is 2.63. The van der Waals surface area contributed by atoms with Gasteiger partial charge < -0.3 is 14.8 Å². The molecule has 0 fully saturated rings. The van der Waals surface area contributed by atoms with Gasteiger partial charge in [-0.3, -0.25) is 4.79 Å². The summed E-state index contributed by atoms with van der Waals surface area (Å²) in [5, 5.41) is 2.83. The average molecular weight is 339 g/mol. The number of anilines is 1. The molecule has 0 radical (unpaired) electrons. The van der Waals surface area contributed by atoms with Gasteiger partial charge in [0.15, 0.2) is 0 Å². The number of amides is 1. The lowest BCUT2D eigenvalue weighted by Crippen LogP contribution is -2.10. The largest absolute Gasteiger partial charge is 0.494 e. The number of carbonyl (C=O) groups is 1.